The van der Waals surface area contributed by atoms with Gasteiger partial charge in [-0.1, -0.05) is 72.3 Å². The molecule has 0 aliphatic heterocycles. The van der Waals surface area contributed by atoms with Crippen molar-refractivity contribution in [2.75, 3.05) is 6.61 Å². The van der Waals surface area contributed by atoms with Gasteiger partial charge in [0.25, 0.3) is 0 Å². The fourth-order valence-electron chi connectivity index (χ4n) is 1.12. The minimum absolute atomic E-state index is 0.211. The van der Waals surface area contributed by atoms with E-state index < -0.39 is 0 Å². The standard InChI is InChI=1S/C7H8.C6H6.C4H8O2/c1-7-5-3-2-4-6-7;1-2-4-6-5-3-1;1-3-6-4(2)5/h2-6H,1H3;1-6H;3H2,1-2H3. The molecule has 0 saturated carbocycles. The van der Waals surface area contributed by atoms with Crippen molar-refractivity contribution in [1.29, 1.82) is 0 Å². The van der Waals surface area contributed by atoms with Gasteiger partial charge < -0.3 is 4.74 Å². The number of aryl methyl sites for hydroxylation is 1. The van der Waals surface area contributed by atoms with Gasteiger partial charge in [-0.25, -0.2) is 0 Å². The van der Waals surface area contributed by atoms with E-state index in [-0.39, 0.29) is 5.97 Å². The maximum Gasteiger partial charge on any atom is 0.302 e. The summed E-state index contributed by atoms with van der Waals surface area (Å²) in [4.78, 5) is 9.82. The largest absolute Gasteiger partial charge is 0.466 e. The molecule has 0 atom stereocenters. The molecule has 0 saturated heterocycles. The fourth-order valence-corrected chi connectivity index (χ4v) is 1.12. The number of carbonyl (C=O) groups is 1. The summed E-state index contributed by atoms with van der Waals surface area (Å²) in [5, 5.41) is 0. The summed E-state index contributed by atoms with van der Waals surface area (Å²) in [5.74, 6) is -0.211. The number of rotatable bonds is 1. The molecule has 0 aromatic heterocycles. The Hall–Kier alpha value is -2.09. The molecule has 0 aliphatic rings. The number of carbonyl (C=O) groups excluding carboxylic acids is 1. The summed E-state index contributed by atoms with van der Waals surface area (Å²) >= 11 is 0. The predicted molar refractivity (Wildman–Crippen MR) is 79.9 cm³/mol. The van der Waals surface area contributed by atoms with Crippen LogP contribution in [0.2, 0.25) is 0 Å². The van der Waals surface area contributed by atoms with Crippen LogP contribution in [-0.2, 0) is 9.53 Å². The molecule has 2 aromatic carbocycles. The van der Waals surface area contributed by atoms with Gasteiger partial charge in [-0.15, -0.1) is 0 Å². The lowest BCUT2D eigenvalue weighted by atomic mass is 10.2. The van der Waals surface area contributed by atoms with Crippen molar-refractivity contribution in [3.63, 3.8) is 0 Å². The highest BCUT2D eigenvalue weighted by Gasteiger charge is 1.81. The molecule has 0 radical (unpaired) electrons. The maximum atomic E-state index is 9.82. The molecular formula is C17H22O2. The Morgan fingerprint density at radius 2 is 1.26 bits per heavy atom. The summed E-state index contributed by atoms with van der Waals surface area (Å²) in [6.45, 7) is 5.74. The van der Waals surface area contributed by atoms with Crippen molar-refractivity contribution < 1.29 is 9.53 Å². The van der Waals surface area contributed by atoms with Crippen LogP contribution in [0.25, 0.3) is 0 Å². The second kappa shape index (κ2) is 12.4. The van der Waals surface area contributed by atoms with Gasteiger partial charge in [0, 0.05) is 6.92 Å². The first kappa shape index (κ1) is 16.9. The highest BCUT2D eigenvalue weighted by Crippen LogP contribution is 1.92. The van der Waals surface area contributed by atoms with Gasteiger partial charge in [0.2, 0.25) is 0 Å². The van der Waals surface area contributed by atoms with E-state index in [9.17, 15) is 4.79 Å². The topological polar surface area (TPSA) is 26.3 Å². The van der Waals surface area contributed by atoms with E-state index in [2.05, 4.69) is 23.8 Å². The SMILES string of the molecule is CCOC(C)=O.Cc1ccccc1.c1ccccc1. The molecule has 2 nitrogen and oxygen atoms in total. The fraction of sp³-hybridized carbons (Fsp3) is 0.235. The highest BCUT2D eigenvalue weighted by atomic mass is 16.5. The third-order valence-electron chi connectivity index (χ3n) is 1.95. The third kappa shape index (κ3) is 13.8. The molecule has 2 aromatic rings. The van der Waals surface area contributed by atoms with E-state index in [1.807, 2.05) is 54.6 Å². The molecule has 0 spiro atoms. The van der Waals surface area contributed by atoms with Crippen LogP contribution in [-0.4, -0.2) is 12.6 Å². The molecule has 0 unspecified atom stereocenters. The van der Waals surface area contributed by atoms with Crippen molar-refractivity contribution >= 4 is 5.97 Å². The zero-order valence-corrected chi connectivity index (χ0v) is 11.9. The van der Waals surface area contributed by atoms with Crippen molar-refractivity contribution in [2.24, 2.45) is 0 Å². The molecular weight excluding hydrogens is 236 g/mol. The van der Waals surface area contributed by atoms with Crippen LogP contribution in [0.4, 0.5) is 0 Å². The number of benzene rings is 2. The van der Waals surface area contributed by atoms with Crippen LogP contribution in [0, 0.1) is 6.92 Å². The Morgan fingerprint density at radius 3 is 1.42 bits per heavy atom. The molecule has 0 aliphatic carbocycles. The highest BCUT2D eigenvalue weighted by molar-refractivity contribution is 5.65. The van der Waals surface area contributed by atoms with Crippen LogP contribution < -0.4 is 0 Å². The van der Waals surface area contributed by atoms with Gasteiger partial charge in [0.05, 0.1) is 6.61 Å². The molecule has 19 heavy (non-hydrogen) atoms. The summed E-state index contributed by atoms with van der Waals surface area (Å²) in [6.07, 6.45) is 0. The van der Waals surface area contributed by atoms with Crippen LogP contribution in [0.1, 0.15) is 19.4 Å². The summed E-state index contributed by atoms with van der Waals surface area (Å²) in [5.41, 5.74) is 1.32. The van der Waals surface area contributed by atoms with Crippen molar-refractivity contribution in [1.82, 2.24) is 0 Å². The second-order valence-corrected chi connectivity index (χ2v) is 3.73. The molecule has 102 valence electrons. The van der Waals surface area contributed by atoms with E-state index in [1.165, 1.54) is 12.5 Å². The lowest BCUT2D eigenvalue weighted by Crippen LogP contribution is -1.95. The zero-order valence-electron chi connectivity index (χ0n) is 11.9. The molecule has 2 rings (SSSR count). The van der Waals surface area contributed by atoms with Gasteiger partial charge in [-0.2, -0.15) is 0 Å². The Labute approximate surface area is 116 Å². The monoisotopic (exact) mass is 258 g/mol. The normalized spacial score (nSPS) is 8.16. The first-order chi connectivity index (χ1) is 9.16. The molecule has 0 N–H and O–H groups in total. The van der Waals surface area contributed by atoms with Crippen LogP contribution >= 0.6 is 0 Å². The Balaban J connectivity index is 0.000000257. The number of ether oxygens (including phenoxy) is 1. The number of hydrogen-bond acceptors (Lipinski definition) is 2. The van der Waals surface area contributed by atoms with E-state index in [0.29, 0.717) is 6.61 Å². The molecule has 2 heteroatoms. The predicted octanol–water partition coefficient (Wildman–Crippen LogP) is 4.25. The summed E-state index contributed by atoms with van der Waals surface area (Å²) in [7, 11) is 0. The first-order valence-corrected chi connectivity index (χ1v) is 6.31. The van der Waals surface area contributed by atoms with Gasteiger partial charge in [0.1, 0.15) is 0 Å². The van der Waals surface area contributed by atoms with Gasteiger partial charge in [0.15, 0.2) is 0 Å². The molecule has 0 fully saturated rings. The van der Waals surface area contributed by atoms with E-state index in [1.54, 1.807) is 6.92 Å². The van der Waals surface area contributed by atoms with Gasteiger partial charge in [-0.3, -0.25) is 4.79 Å². The van der Waals surface area contributed by atoms with Gasteiger partial charge >= 0.3 is 5.97 Å². The average Bonchev–Trinajstić information content (AvgIpc) is 2.43. The average molecular weight is 258 g/mol. The zero-order chi connectivity index (χ0) is 14.3. The lowest BCUT2D eigenvalue weighted by Gasteiger charge is -1.89. The number of hydrogen-bond donors (Lipinski definition) is 0. The molecule has 0 bridgehead atoms. The van der Waals surface area contributed by atoms with E-state index in [0.717, 1.165) is 0 Å². The number of esters is 1. The van der Waals surface area contributed by atoms with Gasteiger partial charge in [-0.05, 0) is 13.8 Å². The maximum absolute atomic E-state index is 9.82. The quantitative estimate of drug-likeness (QED) is 0.715. The van der Waals surface area contributed by atoms with Crippen LogP contribution in [0.15, 0.2) is 66.7 Å². The Bertz CT molecular complexity index is 383. The lowest BCUT2D eigenvalue weighted by molar-refractivity contribution is -0.140. The van der Waals surface area contributed by atoms with E-state index >= 15 is 0 Å². The molecule has 0 amide bonds. The smallest absolute Gasteiger partial charge is 0.302 e. The minimum Gasteiger partial charge on any atom is -0.466 e. The Kier molecular flexibility index (Phi) is 11.0. The summed E-state index contributed by atoms with van der Waals surface area (Å²) < 4.78 is 4.40. The minimum atomic E-state index is -0.211. The first-order valence-electron chi connectivity index (χ1n) is 6.31. The summed E-state index contributed by atoms with van der Waals surface area (Å²) in [6, 6.07) is 22.3. The van der Waals surface area contributed by atoms with Crippen molar-refractivity contribution in [3.8, 4) is 0 Å². The third-order valence-corrected chi connectivity index (χ3v) is 1.95. The van der Waals surface area contributed by atoms with Crippen molar-refractivity contribution in [3.05, 3.63) is 72.3 Å². The molecule has 0 heterocycles. The second-order valence-electron chi connectivity index (χ2n) is 3.73. The van der Waals surface area contributed by atoms with Crippen LogP contribution in [0.3, 0.4) is 0 Å². The van der Waals surface area contributed by atoms with Crippen molar-refractivity contribution in [2.45, 2.75) is 20.8 Å². The van der Waals surface area contributed by atoms with E-state index in [4.69, 9.17) is 0 Å². The Morgan fingerprint density at radius 1 is 0.895 bits per heavy atom. The van der Waals surface area contributed by atoms with Crippen LogP contribution in [0.5, 0.6) is 0 Å².